The molecule has 0 aliphatic rings. The van der Waals surface area contributed by atoms with Crippen molar-refractivity contribution < 1.29 is 19.1 Å². The third-order valence-electron chi connectivity index (χ3n) is 2.52. The SMILES string of the molecule is CC(C)[C@@H](NC(=O)c1cccc(F)c1N)C(=O)O. The van der Waals surface area contributed by atoms with Crippen molar-refractivity contribution in [3.63, 3.8) is 0 Å². The number of nitrogens with one attached hydrogen (secondary N) is 1. The van der Waals surface area contributed by atoms with Crippen LogP contribution in [0.5, 0.6) is 0 Å². The van der Waals surface area contributed by atoms with Gasteiger partial charge in [-0.25, -0.2) is 9.18 Å². The van der Waals surface area contributed by atoms with Crippen molar-refractivity contribution in [2.75, 3.05) is 5.73 Å². The maximum absolute atomic E-state index is 13.2. The zero-order valence-corrected chi connectivity index (χ0v) is 10.1. The Hall–Kier alpha value is -2.11. The van der Waals surface area contributed by atoms with E-state index in [2.05, 4.69) is 5.32 Å². The number of hydrogen-bond acceptors (Lipinski definition) is 3. The molecule has 0 aliphatic heterocycles. The lowest BCUT2D eigenvalue weighted by Gasteiger charge is -2.18. The molecule has 98 valence electrons. The first-order valence-corrected chi connectivity index (χ1v) is 5.42. The van der Waals surface area contributed by atoms with E-state index in [1.807, 2.05) is 0 Å². The number of halogens is 1. The number of aliphatic carboxylic acids is 1. The van der Waals surface area contributed by atoms with Crippen LogP contribution in [0.4, 0.5) is 10.1 Å². The first-order valence-electron chi connectivity index (χ1n) is 5.42. The molecule has 0 bridgehead atoms. The lowest BCUT2D eigenvalue weighted by molar-refractivity contribution is -0.140. The number of benzene rings is 1. The Morgan fingerprint density at radius 2 is 2.00 bits per heavy atom. The van der Waals surface area contributed by atoms with Gasteiger partial charge in [-0.1, -0.05) is 19.9 Å². The normalized spacial score (nSPS) is 12.2. The van der Waals surface area contributed by atoms with Crippen molar-refractivity contribution in [1.29, 1.82) is 0 Å². The summed E-state index contributed by atoms with van der Waals surface area (Å²) in [4.78, 5) is 22.8. The van der Waals surface area contributed by atoms with Crippen LogP contribution in [0.1, 0.15) is 24.2 Å². The molecule has 1 amide bonds. The highest BCUT2D eigenvalue weighted by atomic mass is 19.1. The minimum absolute atomic E-state index is 0.0677. The van der Waals surface area contributed by atoms with Gasteiger partial charge in [0.25, 0.3) is 5.91 Å². The van der Waals surface area contributed by atoms with Gasteiger partial charge in [0.05, 0.1) is 11.3 Å². The zero-order chi connectivity index (χ0) is 13.9. The van der Waals surface area contributed by atoms with Crippen LogP contribution >= 0.6 is 0 Å². The van der Waals surface area contributed by atoms with Crippen LogP contribution in [0.2, 0.25) is 0 Å². The highest BCUT2D eigenvalue weighted by molar-refractivity contribution is 6.00. The Labute approximate surface area is 104 Å². The first kappa shape index (κ1) is 14.0. The van der Waals surface area contributed by atoms with E-state index in [4.69, 9.17) is 10.8 Å². The average molecular weight is 254 g/mol. The molecule has 4 N–H and O–H groups in total. The summed E-state index contributed by atoms with van der Waals surface area (Å²) in [7, 11) is 0. The molecule has 0 aliphatic carbocycles. The molecule has 0 saturated heterocycles. The predicted octanol–water partition coefficient (Wildman–Crippen LogP) is 1.25. The van der Waals surface area contributed by atoms with Crippen molar-refractivity contribution in [2.24, 2.45) is 5.92 Å². The van der Waals surface area contributed by atoms with Crippen LogP contribution in [-0.4, -0.2) is 23.0 Å². The van der Waals surface area contributed by atoms with E-state index in [9.17, 15) is 14.0 Å². The number of carboxylic acids is 1. The van der Waals surface area contributed by atoms with Crippen LogP contribution in [-0.2, 0) is 4.79 Å². The highest BCUT2D eigenvalue weighted by Crippen LogP contribution is 2.16. The molecule has 0 unspecified atom stereocenters. The summed E-state index contributed by atoms with van der Waals surface area (Å²) >= 11 is 0. The van der Waals surface area contributed by atoms with Crippen LogP contribution in [0.15, 0.2) is 18.2 Å². The molecule has 1 atom stereocenters. The maximum Gasteiger partial charge on any atom is 0.326 e. The Balaban J connectivity index is 2.94. The molecule has 1 aromatic rings. The van der Waals surface area contributed by atoms with Gasteiger partial charge < -0.3 is 16.2 Å². The van der Waals surface area contributed by atoms with E-state index in [1.165, 1.54) is 12.1 Å². The Morgan fingerprint density at radius 1 is 1.39 bits per heavy atom. The minimum Gasteiger partial charge on any atom is -0.480 e. The molecule has 0 fully saturated rings. The maximum atomic E-state index is 13.2. The third kappa shape index (κ3) is 2.97. The lowest BCUT2D eigenvalue weighted by atomic mass is 10.0. The summed E-state index contributed by atoms with van der Waals surface area (Å²) in [6, 6.07) is 2.77. The van der Waals surface area contributed by atoms with Gasteiger partial charge in [0, 0.05) is 0 Å². The standard InChI is InChI=1S/C12H15FN2O3/c1-6(2)10(12(17)18)15-11(16)7-4-3-5-8(13)9(7)14/h3-6,10H,14H2,1-2H3,(H,15,16)(H,17,18)/t10-/m1/s1. The highest BCUT2D eigenvalue weighted by Gasteiger charge is 2.25. The summed E-state index contributed by atoms with van der Waals surface area (Å²) < 4.78 is 13.2. The number of amides is 1. The van der Waals surface area contributed by atoms with Crippen molar-refractivity contribution in [2.45, 2.75) is 19.9 Å². The molecule has 0 spiro atoms. The largest absolute Gasteiger partial charge is 0.480 e. The predicted molar refractivity (Wildman–Crippen MR) is 64.5 cm³/mol. The first-order chi connectivity index (χ1) is 8.34. The summed E-state index contributed by atoms with van der Waals surface area (Å²) in [6.07, 6.45) is 0. The molecule has 1 aromatic carbocycles. The van der Waals surface area contributed by atoms with Crippen molar-refractivity contribution in [1.82, 2.24) is 5.32 Å². The van der Waals surface area contributed by atoms with E-state index in [1.54, 1.807) is 13.8 Å². The topological polar surface area (TPSA) is 92.4 Å². The van der Waals surface area contributed by atoms with Crippen LogP contribution in [0.3, 0.4) is 0 Å². The summed E-state index contributed by atoms with van der Waals surface area (Å²) in [5.74, 6) is -2.85. The molecular weight excluding hydrogens is 239 g/mol. The smallest absolute Gasteiger partial charge is 0.326 e. The van der Waals surface area contributed by atoms with Crippen molar-refractivity contribution in [3.8, 4) is 0 Å². The van der Waals surface area contributed by atoms with Crippen molar-refractivity contribution in [3.05, 3.63) is 29.6 Å². The molecule has 18 heavy (non-hydrogen) atoms. The Kier molecular flexibility index (Phi) is 4.25. The zero-order valence-electron chi connectivity index (χ0n) is 10.1. The Morgan fingerprint density at radius 3 is 2.50 bits per heavy atom. The summed E-state index contributed by atoms with van der Waals surface area (Å²) in [5.41, 5.74) is 5.07. The fraction of sp³-hybridized carbons (Fsp3) is 0.333. The number of nitrogen functional groups attached to an aromatic ring is 1. The van der Waals surface area contributed by atoms with Gasteiger partial charge in [0.2, 0.25) is 0 Å². The second-order valence-corrected chi connectivity index (χ2v) is 4.23. The number of nitrogens with two attached hydrogens (primary N) is 1. The number of para-hydroxylation sites is 1. The number of carbonyl (C=O) groups excluding carboxylic acids is 1. The number of carboxylic acid groups (broad SMARTS) is 1. The van der Waals surface area contributed by atoms with E-state index < -0.39 is 23.7 Å². The molecule has 0 aromatic heterocycles. The average Bonchev–Trinajstić information content (AvgIpc) is 2.28. The Bertz CT molecular complexity index is 474. The minimum atomic E-state index is -1.15. The second kappa shape index (κ2) is 5.48. The van der Waals surface area contributed by atoms with E-state index in [-0.39, 0.29) is 17.2 Å². The quantitative estimate of drug-likeness (QED) is 0.705. The van der Waals surface area contributed by atoms with Crippen molar-refractivity contribution >= 4 is 17.6 Å². The van der Waals surface area contributed by atoms with Crippen LogP contribution in [0, 0.1) is 11.7 Å². The molecule has 0 saturated carbocycles. The van der Waals surface area contributed by atoms with Crippen LogP contribution in [0.25, 0.3) is 0 Å². The van der Waals surface area contributed by atoms with E-state index in [0.29, 0.717) is 0 Å². The molecule has 6 heteroatoms. The van der Waals surface area contributed by atoms with Gasteiger partial charge in [-0.15, -0.1) is 0 Å². The van der Waals surface area contributed by atoms with E-state index >= 15 is 0 Å². The number of carbonyl (C=O) groups is 2. The molecular formula is C12H15FN2O3. The lowest BCUT2D eigenvalue weighted by Crippen LogP contribution is -2.44. The summed E-state index contributed by atoms with van der Waals surface area (Å²) in [5, 5.41) is 11.3. The van der Waals surface area contributed by atoms with Gasteiger partial charge in [-0.2, -0.15) is 0 Å². The molecule has 0 radical (unpaired) electrons. The fourth-order valence-electron chi connectivity index (χ4n) is 1.47. The van der Waals surface area contributed by atoms with Gasteiger partial charge in [-0.3, -0.25) is 4.79 Å². The van der Waals surface area contributed by atoms with Gasteiger partial charge >= 0.3 is 5.97 Å². The number of rotatable bonds is 4. The van der Waals surface area contributed by atoms with E-state index in [0.717, 1.165) is 6.07 Å². The third-order valence-corrected chi connectivity index (χ3v) is 2.52. The molecule has 5 nitrogen and oxygen atoms in total. The van der Waals surface area contributed by atoms with Gasteiger partial charge in [0.1, 0.15) is 11.9 Å². The molecule has 0 heterocycles. The summed E-state index contributed by atoms with van der Waals surface area (Å²) in [6.45, 7) is 3.32. The van der Waals surface area contributed by atoms with Crippen LogP contribution < -0.4 is 11.1 Å². The van der Waals surface area contributed by atoms with Gasteiger partial charge in [-0.05, 0) is 18.1 Å². The second-order valence-electron chi connectivity index (χ2n) is 4.23. The number of hydrogen-bond donors (Lipinski definition) is 3. The van der Waals surface area contributed by atoms with Gasteiger partial charge in [0.15, 0.2) is 0 Å². The molecule has 1 rings (SSSR count). The fourth-order valence-corrected chi connectivity index (χ4v) is 1.47. The number of anilines is 1. The monoisotopic (exact) mass is 254 g/mol.